The van der Waals surface area contributed by atoms with E-state index in [1.807, 2.05) is 18.2 Å². The van der Waals surface area contributed by atoms with Gasteiger partial charge >= 0.3 is 0 Å². The first-order valence-electron chi connectivity index (χ1n) is 7.38. The summed E-state index contributed by atoms with van der Waals surface area (Å²) in [5.41, 5.74) is 7.39. The molecule has 1 saturated carbocycles. The number of nitrogens with two attached hydrogens (primary N) is 1. The lowest BCUT2D eigenvalue weighted by molar-refractivity contribution is -0.117. The van der Waals surface area contributed by atoms with E-state index in [9.17, 15) is 4.79 Å². The molecule has 0 atom stereocenters. The summed E-state index contributed by atoms with van der Waals surface area (Å²) in [6.45, 7) is 0. The summed E-state index contributed by atoms with van der Waals surface area (Å²) in [5, 5.41) is 3.61. The molecule has 3 nitrogen and oxygen atoms in total. The second-order valence-electron chi connectivity index (χ2n) is 5.49. The smallest absolute Gasteiger partial charge is 0.221 e. The number of primary amides is 1. The third kappa shape index (κ3) is 4.58. The van der Waals surface area contributed by atoms with Crippen LogP contribution < -0.4 is 11.1 Å². The minimum Gasteiger partial charge on any atom is -0.382 e. The van der Waals surface area contributed by atoms with Crippen LogP contribution in [0.3, 0.4) is 0 Å². The van der Waals surface area contributed by atoms with Crippen LogP contribution in [-0.2, 0) is 11.2 Å². The minimum atomic E-state index is -0.271. The lowest BCUT2D eigenvalue weighted by Crippen LogP contribution is -2.22. The van der Waals surface area contributed by atoms with Gasteiger partial charge in [-0.1, -0.05) is 50.3 Å². The van der Waals surface area contributed by atoms with E-state index in [0.29, 0.717) is 12.5 Å². The second kappa shape index (κ2) is 7.17. The van der Waals surface area contributed by atoms with Crippen molar-refractivity contribution >= 4 is 11.6 Å². The fourth-order valence-corrected chi connectivity index (χ4v) is 2.82. The van der Waals surface area contributed by atoms with Crippen molar-refractivity contribution in [3.8, 4) is 0 Å². The Balaban J connectivity index is 2.02. The highest BCUT2D eigenvalue weighted by Crippen LogP contribution is 2.23. The Kier molecular flexibility index (Phi) is 5.25. The third-order valence-corrected chi connectivity index (χ3v) is 3.85. The van der Waals surface area contributed by atoms with Crippen molar-refractivity contribution in [1.82, 2.24) is 0 Å². The first-order valence-corrected chi connectivity index (χ1v) is 7.38. The van der Waals surface area contributed by atoms with Crippen LogP contribution in [-0.4, -0.2) is 11.9 Å². The molecule has 0 aromatic heterocycles. The quantitative estimate of drug-likeness (QED) is 0.873. The molecule has 0 radical (unpaired) electrons. The topological polar surface area (TPSA) is 55.1 Å². The number of para-hydroxylation sites is 1. The third-order valence-electron chi connectivity index (χ3n) is 3.85. The van der Waals surface area contributed by atoms with Crippen LogP contribution in [0.5, 0.6) is 0 Å². The van der Waals surface area contributed by atoms with Gasteiger partial charge in [0.05, 0.1) is 6.42 Å². The van der Waals surface area contributed by atoms with Crippen LogP contribution in [0.2, 0.25) is 0 Å². The van der Waals surface area contributed by atoms with Crippen molar-refractivity contribution in [1.29, 1.82) is 0 Å². The lowest BCUT2D eigenvalue weighted by atomic mass is 9.96. The largest absolute Gasteiger partial charge is 0.382 e. The Bertz CT molecular complexity index is 409. The van der Waals surface area contributed by atoms with Gasteiger partial charge in [-0.25, -0.2) is 0 Å². The fourth-order valence-electron chi connectivity index (χ4n) is 2.82. The van der Waals surface area contributed by atoms with Gasteiger partial charge < -0.3 is 11.1 Å². The van der Waals surface area contributed by atoms with Gasteiger partial charge in [0, 0.05) is 11.7 Å². The van der Waals surface area contributed by atoms with Crippen LogP contribution in [0.15, 0.2) is 24.3 Å². The summed E-state index contributed by atoms with van der Waals surface area (Å²) >= 11 is 0. The zero-order chi connectivity index (χ0) is 13.5. The molecule has 1 amide bonds. The first kappa shape index (κ1) is 13.9. The maximum Gasteiger partial charge on any atom is 0.221 e. The molecule has 0 spiro atoms. The SMILES string of the molecule is NC(=O)Cc1ccccc1NC1CCCCCCC1. The molecule has 0 saturated heterocycles. The molecule has 0 bridgehead atoms. The maximum absolute atomic E-state index is 11.1. The Hall–Kier alpha value is -1.51. The number of amides is 1. The number of anilines is 1. The van der Waals surface area contributed by atoms with Crippen LogP contribution in [0.25, 0.3) is 0 Å². The van der Waals surface area contributed by atoms with Crippen LogP contribution in [0.1, 0.15) is 50.5 Å². The molecule has 3 N–H and O–H groups in total. The summed E-state index contributed by atoms with van der Waals surface area (Å²) in [6.07, 6.45) is 9.45. The zero-order valence-electron chi connectivity index (χ0n) is 11.5. The van der Waals surface area contributed by atoms with E-state index in [2.05, 4.69) is 11.4 Å². The number of benzene rings is 1. The Morgan fingerprint density at radius 1 is 1.11 bits per heavy atom. The molecular formula is C16H24N2O. The molecular weight excluding hydrogens is 236 g/mol. The van der Waals surface area contributed by atoms with Crippen molar-refractivity contribution in [2.45, 2.75) is 57.4 Å². The van der Waals surface area contributed by atoms with E-state index in [1.54, 1.807) is 0 Å². The van der Waals surface area contributed by atoms with E-state index in [4.69, 9.17) is 5.73 Å². The number of rotatable bonds is 4. The van der Waals surface area contributed by atoms with Gasteiger partial charge in [-0.2, -0.15) is 0 Å². The second-order valence-corrected chi connectivity index (χ2v) is 5.49. The molecule has 1 aromatic carbocycles. The summed E-state index contributed by atoms with van der Waals surface area (Å²) < 4.78 is 0. The van der Waals surface area contributed by atoms with E-state index >= 15 is 0 Å². The highest BCUT2D eigenvalue weighted by molar-refractivity contribution is 5.78. The van der Waals surface area contributed by atoms with E-state index in [-0.39, 0.29) is 5.91 Å². The molecule has 1 aliphatic carbocycles. The summed E-state index contributed by atoms with van der Waals surface area (Å²) in [6, 6.07) is 8.54. The fraction of sp³-hybridized carbons (Fsp3) is 0.562. The van der Waals surface area contributed by atoms with Crippen molar-refractivity contribution < 1.29 is 4.79 Å². The number of carbonyl (C=O) groups is 1. The molecule has 0 unspecified atom stereocenters. The maximum atomic E-state index is 11.1. The Labute approximate surface area is 115 Å². The molecule has 2 rings (SSSR count). The van der Waals surface area contributed by atoms with Crippen LogP contribution in [0, 0.1) is 0 Å². The molecule has 104 valence electrons. The highest BCUT2D eigenvalue weighted by atomic mass is 16.1. The van der Waals surface area contributed by atoms with Gasteiger partial charge in [-0.3, -0.25) is 4.79 Å². The molecule has 1 aromatic rings. The summed E-state index contributed by atoms with van der Waals surface area (Å²) in [5.74, 6) is -0.271. The number of carbonyl (C=O) groups excluding carboxylic acids is 1. The first-order chi connectivity index (χ1) is 9.25. The van der Waals surface area contributed by atoms with Gasteiger partial charge in [0.25, 0.3) is 0 Å². The Morgan fingerprint density at radius 2 is 1.74 bits per heavy atom. The van der Waals surface area contributed by atoms with Crippen molar-refractivity contribution in [2.24, 2.45) is 5.73 Å². The summed E-state index contributed by atoms with van der Waals surface area (Å²) in [7, 11) is 0. The molecule has 3 heteroatoms. The van der Waals surface area contributed by atoms with E-state index in [0.717, 1.165) is 11.3 Å². The average molecular weight is 260 g/mol. The number of hydrogen-bond donors (Lipinski definition) is 2. The monoisotopic (exact) mass is 260 g/mol. The molecule has 0 aliphatic heterocycles. The van der Waals surface area contributed by atoms with Crippen LogP contribution >= 0.6 is 0 Å². The highest BCUT2D eigenvalue weighted by Gasteiger charge is 2.13. The molecule has 19 heavy (non-hydrogen) atoms. The van der Waals surface area contributed by atoms with Crippen molar-refractivity contribution in [3.63, 3.8) is 0 Å². The van der Waals surface area contributed by atoms with E-state index in [1.165, 1.54) is 44.9 Å². The normalized spacial score (nSPS) is 17.5. The van der Waals surface area contributed by atoms with Crippen molar-refractivity contribution in [3.05, 3.63) is 29.8 Å². The van der Waals surface area contributed by atoms with Gasteiger partial charge in [0.1, 0.15) is 0 Å². The molecule has 0 heterocycles. The predicted octanol–water partition coefficient (Wildman–Crippen LogP) is 3.24. The standard InChI is InChI=1S/C16H24N2O/c17-16(19)12-13-8-6-7-11-15(13)18-14-9-4-2-1-3-5-10-14/h6-8,11,14,18H,1-5,9-10,12H2,(H2,17,19). The van der Waals surface area contributed by atoms with E-state index < -0.39 is 0 Å². The zero-order valence-corrected chi connectivity index (χ0v) is 11.5. The Morgan fingerprint density at radius 3 is 2.42 bits per heavy atom. The minimum absolute atomic E-state index is 0.271. The number of hydrogen-bond acceptors (Lipinski definition) is 2. The summed E-state index contributed by atoms with van der Waals surface area (Å²) in [4.78, 5) is 11.1. The van der Waals surface area contributed by atoms with Gasteiger partial charge in [-0.15, -0.1) is 0 Å². The average Bonchev–Trinajstić information content (AvgIpc) is 2.34. The van der Waals surface area contributed by atoms with Gasteiger partial charge in [-0.05, 0) is 24.5 Å². The number of nitrogens with one attached hydrogen (secondary N) is 1. The predicted molar refractivity (Wildman–Crippen MR) is 79.1 cm³/mol. The van der Waals surface area contributed by atoms with Crippen molar-refractivity contribution in [2.75, 3.05) is 5.32 Å². The van der Waals surface area contributed by atoms with Crippen LogP contribution in [0.4, 0.5) is 5.69 Å². The molecule has 1 fully saturated rings. The van der Waals surface area contributed by atoms with Gasteiger partial charge in [0.2, 0.25) is 5.91 Å². The lowest BCUT2D eigenvalue weighted by Gasteiger charge is -2.23. The van der Waals surface area contributed by atoms with Gasteiger partial charge in [0.15, 0.2) is 0 Å². The molecule has 1 aliphatic rings.